The van der Waals surface area contributed by atoms with Gasteiger partial charge in [-0.1, -0.05) is 88.8 Å². The summed E-state index contributed by atoms with van der Waals surface area (Å²) in [6, 6.07) is 15.7. The number of rotatable bonds is 21. The first-order valence-corrected chi connectivity index (χ1v) is 30.1. The summed E-state index contributed by atoms with van der Waals surface area (Å²) in [5, 5.41) is 20.3. The molecular weight excluding hydrogens is 882 g/mol. The molecule has 3 aromatic heterocycles. The average molecular weight is 946 g/mol. The fraction of sp³-hybridized carbons (Fsp3) is 0.489. The summed E-state index contributed by atoms with van der Waals surface area (Å²) in [6.45, 7) is 21.8. The minimum Gasteiger partial charge on any atom is -0.491 e. The van der Waals surface area contributed by atoms with E-state index in [0.29, 0.717) is 91.1 Å². The van der Waals surface area contributed by atoms with Crippen LogP contribution in [-0.4, -0.2) is 97.7 Å². The van der Waals surface area contributed by atoms with Gasteiger partial charge in [0.05, 0.1) is 23.4 Å². The Morgan fingerprint density at radius 1 is 0.984 bits per heavy atom. The molecule has 3 heterocycles. The van der Waals surface area contributed by atoms with Crippen molar-refractivity contribution in [1.82, 2.24) is 24.6 Å². The molecule has 0 amide bonds. The van der Waals surface area contributed by atoms with E-state index in [9.17, 15) is 19.1 Å². The van der Waals surface area contributed by atoms with Crippen LogP contribution in [0.3, 0.4) is 0 Å². The van der Waals surface area contributed by atoms with E-state index in [4.69, 9.17) is 14.5 Å². The number of aryl methyl sites for hydroxylation is 2. The molecule has 5 rings (SSSR count). The number of aromatic nitrogens is 4. The van der Waals surface area contributed by atoms with Crippen molar-refractivity contribution in [2.24, 2.45) is 4.99 Å². The molecule has 12 nitrogen and oxygen atoms in total. The first-order chi connectivity index (χ1) is 30.1. The molecule has 64 heavy (non-hydrogen) atoms. The zero-order valence-corrected chi connectivity index (χ0v) is 42.9. The van der Waals surface area contributed by atoms with Crippen LogP contribution in [0.15, 0.2) is 53.5 Å². The normalized spacial score (nSPS) is 12.5. The van der Waals surface area contributed by atoms with E-state index >= 15 is 0 Å². The van der Waals surface area contributed by atoms with Gasteiger partial charge in [0.15, 0.2) is 38.8 Å². The third-order valence-corrected chi connectivity index (χ3v) is 20.6. The molecule has 2 aromatic carbocycles. The highest BCUT2D eigenvalue weighted by Crippen LogP contribution is 2.38. The number of fused-ring (bicyclic) bond motifs is 1. The molecule has 0 atom stereocenters. The van der Waals surface area contributed by atoms with Crippen molar-refractivity contribution in [3.8, 4) is 17.6 Å². The van der Waals surface area contributed by atoms with E-state index in [1.807, 2.05) is 49.0 Å². The van der Waals surface area contributed by atoms with Crippen LogP contribution in [0, 0.1) is 24.6 Å². The zero-order valence-electron chi connectivity index (χ0n) is 39.3. The van der Waals surface area contributed by atoms with E-state index < -0.39 is 27.9 Å². The molecule has 344 valence electrons. The van der Waals surface area contributed by atoms with Gasteiger partial charge in [0.1, 0.15) is 20.2 Å². The van der Waals surface area contributed by atoms with Gasteiger partial charge in [0, 0.05) is 38.1 Å². The molecule has 1 N–H and O–H groups in total. The van der Waals surface area contributed by atoms with Gasteiger partial charge in [-0.2, -0.15) is 4.99 Å². The highest BCUT2D eigenvalue weighted by Gasteiger charge is 2.41. The van der Waals surface area contributed by atoms with Crippen LogP contribution in [0.4, 0.5) is 21.2 Å². The van der Waals surface area contributed by atoms with Crippen molar-refractivity contribution in [2.75, 3.05) is 45.3 Å². The molecule has 0 saturated heterocycles. The number of benzene rings is 2. The standard InChI is InChI=1S/C47H64FN7O5S2Si2/c1-33-30-40(51-52-43(33)50-46-55(32-59-28-29-63(7,8)9)36-19-12-13-20-38(36)61-46)54(26-15-14-22-41(56)64(10,11)47(2,3)4)45-49-42(44(57)58)39(62-45)21-17-27-60-37-24-23-34(31-35(37)48)18-16-25-53(5)6/h12-13,19-20,23-24,30-31H,14-15,17,21-22,25-29,32H2,1-11H3,(H,57,58)/b50-46-. The molecule has 0 aliphatic heterocycles. The van der Waals surface area contributed by atoms with Gasteiger partial charge in [0.2, 0.25) is 0 Å². The van der Waals surface area contributed by atoms with Gasteiger partial charge in [-0.3, -0.25) is 9.47 Å². The maximum Gasteiger partial charge on any atom is 0.355 e. The fourth-order valence-corrected chi connectivity index (χ4v) is 10.9. The topological polar surface area (TPSA) is 135 Å². The lowest BCUT2D eigenvalue weighted by Gasteiger charge is -2.35. The van der Waals surface area contributed by atoms with E-state index in [2.05, 4.69) is 97.2 Å². The second-order valence-electron chi connectivity index (χ2n) is 19.1. The van der Waals surface area contributed by atoms with Crippen molar-refractivity contribution < 1.29 is 28.6 Å². The number of carbonyl (C=O) groups excluding carboxylic acids is 1. The number of halogens is 1. The second-order valence-corrected chi connectivity index (χ2v) is 32.1. The predicted octanol–water partition coefficient (Wildman–Crippen LogP) is 10.5. The Labute approximate surface area is 387 Å². The highest BCUT2D eigenvalue weighted by atomic mass is 32.1. The Morgan fingerprint density at radius 3 is 2.41 bits per heavy atom. The van der Waals surface area contributed by atoms with Crippen molar-refractivity contribution in [3.05, 3.63) is 80.8 Å². The summed E-state index contributed by atoms with van der Waals surface area (Å²) >= 11 is 2.83. The molecule has 0 unspecified atom stereocenters. The molecule has 0 aliphatic rings. The maximum atomic E-state index is 14.9. The lowest BCUT2D eigenvalue weighted by atomic mass is 10.2. The van der Waals surface area contributed by atoms with Crippen LogP contribution in [-0.2, 0) is 22.7 Å². The fourth-order valence-electron chi connectivity index (χ4n) is 6.36. The summed E-state index contributed by atoms with van der Waals surface area (Å²) in [5.74, 6) is 5.36. The molecule has 0 bridgehead atoms. The lowest BCUT2D eigenvalue weighted by molar-refractivity contribution is -0.113. The first kappa shape index (κ1) is 50.4. The SMILES string of the molecule is Cc1cc(N(CCCCC(=O)[Si](C)(C)C(C)(C)C)c2nc(C(=O)O)c(CCCOc3ccc(C#CCN(C)C)cc3F)s2)nnc1/N=c1\sc2ccccc2n1COCC[Si](C)(C)C. The molecule has 0 aliphatic carbocycles. The summed E-state index contributed by atoms with van der Waals surface area (Å²) < 4.78 is 30.0. The first-order valence-electron chi connectivity index (χ1n) is 21.8. The number of anilines is 2. The van der Waals surface area contributed by atoms with Crippen LogP contribution in [0.5, 0.6) is 5.75 Å². The number of para-hydroxylation sites is 1. The Bertz CT molecular complexity index is 2550. The summed E-state index contributed by atoms with van der Waals surface area (Å²) in [4.78, 5) is 40.8. The number of carboxylic acid groups (broad SMARTS) is 1. The lowest BCUT2D eigenvalue weighted by Crippen LogP contribution is -2.46. The Kier molecular flexibility index (Phi) is 17.4. The van der Waals surface area contributed by atoms with Crippen molar-refractivity contribution >= 4 is 77.2 Å². The maximum absolute atomic E-state index is 14.9. The van der Waals surface area contributed by atoms with Gasteiger partial charge >= 0.3 is 5.97 Å². The average Bonchev–Trinajstić information content (AvgIpc) is 3.79. The van der Waals surface area contributed by atoms with Gasteiger partial charge in [-0.25, -0.2) is 14.2 Å². The molecule has 0 spiro atoms. The summed E-state index contributed by atoms with van der Waals surface area (Å²) in [5.41, 5.74) is 2.31. The Hall–Kier alpha value is -4.58. The van der Waals surface area contributed by atoms with Gasteiger partial charge in [0.25, 0.3) is 0 Å². The predicted molar refractivity (Wildman–Crippen MR) is 264 cm³/mol. The molecule has 17 heteroatoms. The summed E-state index contributed by atoms with van der Waals surface area (Å²) in [6.07, 6.45) is 2.56. The molecule has 0 saturated carbocycles. The number of carboxylic acids is 1. The molecular formula is C47H64FN7O5S2Si2. The zero-order chi connectivity index (χ0) is 46.8. The number of nitrogens with zero attached hydrogens (tertiary/aromatic N) is 7. The molecule has 0 radical (unpaired) electrons. The van der Waals surface area contributed by atoms with Gasteiger partial charge in [-0.05, 0) is 99.7 Å². The van der Waals surface area contributed by atoms with Crippen LogP contribution >= 0.6 is 22.7 Å². The van der Waals surface area contributed by atoms with E-state index in [1.165, 1.54) is 17.4 Å². The molecule has 0 fully saturated rings. The van der Waals surface area contributed by atoms with Gasteiger partial charge < -0.3 is 24.3 Å². The number of hydrogen-bond acceptors (Lipinski definition) is 12. The van der Waals surface area contributed by atoms with Crippen molar-refractivity contribution in [1.29, 1.82) is 0 Å². The Morgan fingerprint density at radius 2 is 1.73 bits per heavy atom. The molecule has 5 aromatic rings. The number of thiazole rings is 2. The number of unbranched alkanes of at least 4 members (excludes halogenated alkanes) is 1. The van der Waals surface area contributed by atoms with E-state index in [-0.39, 0.29) is 23.1 Å². The highest BCUT2D eigenvalue weighted by molar-refractivity contribution is 7.16. The number of carbonyl (C=O) groups is 2. The van der Waals surface area contributed by atoms with Crippen LogP contribution < -0.4 is 14.4 Å². The largest absolute Gasteiger partial charge is 0.491 e. The van der Waals surface area contributed by atoms with E-state index in [1.54, 1.807) is 23.5 Å². The van der Waals surface area contributed by atoms with E-state index in [0.717, 1.165) is 26.6 Å². The number of aromatic carboxylic acids is 1. The monoisotopic (exact) mass is 945 g/mol. The quantitative estimate of drug-likeness (QED) is 0.0430. The van der Waals surface area contributed by atoms with Crippen molar-refractivity contribution in [3.63, 3.8) is 0 Å². The Balaban J connectivity index is 1.39. The van der Waals surface area contributed by atoms with Gasteiger partial charge in [-0.15, -0.1) is 21.5 Å². The van der Waals surface area contributed by atoms with Crippen molar-refractivity contribution in [2.45, 2.75) is 110 Å². The number of ether oxygens (including phenoxy) is 2. The van der Waals surface area contributed by atoms with Crippen LogP contribution in [0.2, 0.25) is 43.8 Å². The second kappa shape index (κ2) is 22.1. The smallest absolute Gasteiger partial charge is 0.355 e. The third-order valence-electron chi connectivity index (χ3n) is 11.3. The minimum absolute atomic E-state index is 0.0531. The summed E-state index contributed by atoms with van der Waals surface area (Å²) in [7, 11) is 0.398. The van der Waals surface area contributed by atoms with Crippen LogP contribution in [0.1, 0.15) is 72.9 Å². The van der Waals surface area contributed by atoms with Crippen LogP contribution in [0.25, 0.3) is 10.2 Å². The third kappa shape index (κ3) is 13.7. The minimum atomic E-state index is -2.17. The number of hydrogen-bond donors (Lipinski definition) is 1.